The second-order valence-electron chi connectivity index (χ2n) is 4.18. The van der Waals surface area contributed by atoms with Crippen molar-refractivity contribution in [3.8, 4) is 6.07 Å². The third kappa shape index (κ3) is 2.95. The minimum Gasteiger partial charge on any atom is -0.312 e. The summed E-state index contributed by atoms with van der Waals surface area (Å²) < 4.78 is 1.59. The maximum absolute atomic E-state index is 12.3. The lowest BCUT2D eigenvalue weighted by Crippen LogP contribution is -2.12. The molecule has 1 aromatic heterocycles. The van der Waals surface area contributed by atoms with Crippen LogP contribution in [-0.2, 0) is 0 Å². The first-order valence-corrected chi connectivity index (χ1v) is 8.10. The van der Waals surface area contributed by atoms with Crippen LogP contribution in [0.15, 0.2) is 27.1 Å². The Balaban J connectivity index is 2.33. The van der Waals surface area contributed by atoms with Crippen molar-refractivity contribution in [3.63, 3.8) is 0 Å². The summed E-state index contributed by atoms with van der Waals surface area (Å²) >= 11 is 8.13. The Morgan fingerprint density at radius 2 is 2.05 bits per heavy atom. The van der Waals surface area contributed by atoms with Crippen molar-refractivity contribution in [3.05, 3.63) is 48.7 Å². The summed E-state index contributed by atoms with van der Waals surface area (Å²) in [5.74, 6) is -0.234. The van der Waals surface area contributed by atoms with Crippen LogP contribution in [0.2, 0.25) is 0 Å². The molecule has 1 N–H and O–H groups in total. The Bertz CT molecular complexity index is 732. The lowest BCUT2D eigenvalue weighted by atomic mass is 10.2. The molecule has 0 radical (unpaired) electrons. The molecule has 0 aliphatic rings. The van der Waals surface area contributed by atoms with Crippen molar-refractivity contribution < 1.29 is 4.79 Å². The molecule has 0 atom stereocenters. The standard InChI is InChI=1S/C14H10Br2N2OS/c1-7-8(2)20-14(11(7)6-17)18-13(19)10-4-3-9(15)5-12(10)16/h3-5H,1-2H3,(H,18,19). The lowest BCUT2D eigenvalue weighted by Gasteiger charge is -2.06. The molecule has 102 valence electrons. The van der Waals surface area contributed by atoms with Gasteiger partial charge in [-0.3, -0.25) is 4.79 Å². The summed E-state index contributed by atoms with van der Waals surface area (Å²) in [5.41, 5.74) is 1.98. The van der Waals surface area contributed by atoms with Crippen LogP contribution >= 0.6 is 43.2 Å². The third-order valence-electron chi connectivity index (χ3n) is 2.90. The van der Waals surface area contributed by atoms with Crippen molar-refractivity contribution in [2.24, 2.45) is 0 Å². The van der Waals surface area contributed by atoms with Gasteiger partial charge in [-0.2, -0.15) is 5.26 Å². The van der Waals surface area contributed by atoms with E-state index in [1.807, 2.05) is 19.9 Å². The molecule has 0 saturated carbocycles. The van der Waals surface area contributed by atoms with Crippen LogP contribution in [-0.4, -0.2) is 5.91 Å². The van der Waals surface area contributed by atoms with E-state index in [2.05, 4.69) is 43.2 Å². The quantitative estimate of drug-likeness (QED) is 0.751. The van der Waals surface area contributed by atoms with Crippen molar-refractivity contribution in [2.75, 3.05) is 5.32 Å². The highest BCUT2D eigenvalue weighted by atomic mass is 79.9. The highest BCUT2D eigenvalue weighted by Crippen LogP contribution is 2.32. The van der Waals surface area contributed by atoms with Gasteiger partial charge in [-0.05, 0) is 53.5 Å². The lowest BCUT2D eigenvalue weighted by molar-refractivity contribution is 0.102. The predicted molar refractivity (Wildman–Crippen MR) is 88.3 cm³/mol. The monoisotopic (exact) mass is 412 g/mol. The molecular weight excluding hydrogens is 404 g/mol. The van der Waals surface area contributed by atoms with Crippen molar-refractivity contribution in [2.45, 2.75) is 13.8 Å². The molecule has 6 heteroatoms. The van der Waals surface area contributed by atoms with Crippen LogP contribution in [0, 0.1) is 25.2 Å². The minimum absolute atomic E-state index is 0.234. The van der Waals surface area contributed by atoms with E-state index in [-0.39, 0.29) is 5.91 Å². The summed E-state index contributed by atoms with van der Waals surface area (Å²) in [6.07, 6.45) is 0. The van der Waals surface area contributed by atoms with Crippen molar-refractivity contribution in [1.82, 2.24) is 0 Å². The number of nitrogens with zero attached hydrogens (tertiary/aromatic N) is 1. The molecule has 2 aromatic rings. The van der Waals surface area contributed by atoms with E-state index in [0.717, 1.165) is 14.9 Å². The summed E-state index contributed by atoms with van der Waals surface area (Å²) in [6.45, 7) is 3.82. The zero-order valence-electron chi connectivity index (χ0n) is 10.8. The molecule has 0 bridgehead atoms. The molecule has 0 fully saturated rings. The smallest absolute Gasteiger partial charge is 0.257 e. The fourth-order valence-corrected chi connectivity index (χ4v) is 3.93. The number of amides is 1. The van der Waals surface area contributed by atoms with Crippen LogP contribution in [0.25, 0.3) is 0 Å². The molecule has 1 heterocycles. The molecule has 20 heavy (non-hydrogen) atoms. The highest BCUT2D eigenvalue weighted by molar-refractivity contribution is 9.11. The number of thiophene rings is 1. The van der Waals surface area contributed by atoms with Gasteiger partial charge in [0.1, 0.15) is 11.1 Å². The summed E-state index contributed by atoms with van der Waals surface area (Å²) in [7, 11) is 0. The molecule has 3 nitrogen and oxygen atoms in total. The number of nitrogens with one attached hydrogen (secondary N) is 1. The average Bonchev–Trinajstić information content (AvgIpc) is 2.64. The first-order chi connectivity index (χ1) is 9.43. The molecule has 0 spiro atoms. The van der Waals surface area contributed by atoms with E-state index in [1.165, 1.54) is 11.3 Å². The number of hydrogen-bond donors (Lipinski definition) is 1. The fraction of sp³-hybridized carbons (Fsp3) is 0.143. The van der Waals surface area contributed by atoms with Crippen LogP contribution in [0.4, 0.5) is 5.00 Å². The number of nitriles is 1. The van der Waals surface area contributed by atoms with Crippen LogP contribution < -0.4 is 5.32 Å². The van der Waals surface area contributed by atoms with E-state index >= 15 is 0 Å². The van der Waals surface area contributed by atoms with E-state index in [0.29, 0.717) is 20.6 Å². The molecule has 0 unspecified atom stereocenters. The molecule has 2 rings (SSSR count). The van der Waals surface area contributed by atoms with Gasteiger partial charge >= 0.3 is 0 Å². The maximum Gasteiger partial charge on any atom is 0.257 e. The average molecular weight is 414 g/mol. The van der Waals surface area contributed by atoms with Crippen LogP contribution in [0.1, 0.15) is 26.4 Å². The van der Waals surface area contributed by atoms with Gasteiger partial charge in [0.2, 0.25) is 0 Å². The topological polar surface area (TPSA) is 52.9 Å². The fourth-order valence-electron chi connectivity index (χ4n) is 1.69. The Morgan fingerprint density at radius 3 is 2.65 bits per heavy atom. The highest BCUT2D eigenvalue weighted by Gasteiger charge is 2.17. The Kier molecular flexibility index (Phi) is 4.63. The molecular formula is C14H10Br2N2OS. The zero-order chi connectivity index (χ0) is 14.9. The van der Waals surface area contributed by atoms with Gasteiger partial charge in [-0.1, -0.05) is 15.9 Å². The summed E-state index contributed by atoms with van der Waals surface area (Å²) in [5, 5.41) is 12.6. The van der Waals surface area contributed by atoms with Crippen LogP contribution in [0.5, 0.6) is 0 Å². The number of aryl methyl sites for hydroxylation is 1. The van der Waals surface area contributed by atoms with Gasteiger partial charge in [-0.15, -0.1) is 11.3 Å². The van der Waals surface area contributed by atoms with E-state index < -0.39 is 0 Å². The normalized spacial score (nSPS) is 10.2. The number of rotatable bonds is 2. The largest absolute Gasteiger partial charge is 0.312 e. The zero-order valence-corrected chi connectivity index (χ0v) is 14.7. The minimum atomic E-state index is -0.234. The molecule has 1 aromatic carbocycles. The molecule has 0 aliphatic heterocycles. The summed E-state index contributed by atoms with van der Waals surface area (Å²) in [4.78, 5) is 13.3. The Labute approximate surface area is 137 Å². The number of benzene rings is 1. The molecule has 1 amide bonds. The second kappa shape index (κ2) is 6.08. The van der Waals surface area contributed by atoms with Gasteiger partial charge in [0.25, 0.3) is 5.91 Å². The van der Waals surface area contributed by atoms with E-state index in [4.69, 9.17) is 0 Å². The Hall–Kier alpha value is -1.16. The second-order valence-corrected chi connectivity index (χ2v) is 7.17. The van der Waals surface area contributed by atoms with Crippen molar-refractivity contribution in [1.29, 1.82) is 5.26 Å². The predicted octanol–water partition coefficient (Wildman–Crippen LogP) is 5.01. The number of carbonyl (C=O) groups excluding carboxylic acids is 1. The summed E-state index contributed by atoms with van der Waals surface area (Å²) in [6, 6.07) is 7.48. The van der Waals surface area contributed by atoms with Gasteiger partial charge < -0.3 is 5.32 Å². The maximum atomic E-state index is 12.3. The van der Waals surface area contributed by atoms with Gasteiger partial charge in [0.05, 0.1) is 11.1 Å². The van der Waals surface area contributed by atoms with Gasteiger partial charge in [0, 0.05) is 13.8 Å². The molecule has 0 aliphatic carbocycles. The van der Waals surface area contributed by atoms with Crippen molar-refractivity contribution >= 4 is 54.1 Å². The first kappa shape index (κ1) is 15.2. The SMILES string of the molecule is Cc1sc(NC(=O)c2ccc(Br)cc2Br)c(C#N)c1C. The number of anilines is 1. The van der Waals surface area contributed by atoms with E-state index in [1.54, 1.807) is 12.1 Å². The number of halogens is 2. The molecule has 0 saturated heterocycles. The van der Waals surface area contributed by atoms with Gasteiger partial charge in [0.15, 0.2) is 0 Å². The van der Waals surface area contributed by atoms with E-state index in [9.17, 15) is 10.1 Å². The Morgan fingerprint density at radius 1 is 1.35 bits per heavy atom. The van der Waals surface area contributed by atoms with Crippen LogP contribution in [0.3, 0.4) is 0 Å². The third-order valence-corrected chi connectivity index (χ3v) is 5.17. The number of carbonyl (C=O) groups is 1. The first-order valence-electron chi connectivity index (χ1n) is 5.70. The van der Waals surface area contributed by atoms with Gasteiger partial charge in [-0.25, -0.2) is 0 Å². The number of hydrogen-bond acceptors (Lipinski definition) is 3.